The van der Waals surface area contributed by atoms with Crippen LogP contribution in [0.25, 0.3) is 0 Å². The van der Waals surface area contributed by atoms with Crippen LogP contribution >= 0.6 is 0 Å². The van der Waals surface area contributed by atoms with Crippen molar-refractivity contribution in [3.8, 4) is 0 Å². The van der Waals surface area contributed by atoms with Crippen molar-refractivity contribution < 1.29 is 14.5 Å². The van der Waals surface area contributed by atoms with Gasteiger partial charge in [0.1, 0.15) is 12.1 Å². The van der Waals surface area contributed by atoms with Gasteiger partial charge in [0.15, 0.2) is 6.67 Å². The summed E-state index contributed by atoms with van der Waals surface area (Å²) in [4.78, 5) is 30.7. The molecular weight excluding hydrogens is 376 g/mol. The van der Waals surface area contributed by atoms with Gasteiger partial charge in [0.05, 0.1) is 7.05 Å². The summed E-state index contributed by atoms with van der Waals surface area (Å²) < 4.78 is 0. The maximum Gasteiger partial charge on any atom is 0.329 e. The van der Waals surface area contributed by atoms with Crippen LogP contribution < -0.4 is 15.1 Å². The number of rotatable bonds is 6. The van der Waals surface area contributed by atoms with Gasteiger partial charge in [-0.25, -0.2) is 9.69 Å². The Balaban J connectivity index is 1.47. The molecule has 2 aliphatic rings. The van der Waals surface area contributed by atoms with Crippen molar-refractivity contribution in [2.75, 3.05) is 31.7 Å². The van der Waals surface area contributed by atoms with Crippen LogP contribution in [0.2, 0.25) is 0 Å². The number of nitrogens with zero attached hydrogens (tertiary/aromatic N) is 2. The minimum Gasteiger partial charge on any atom is -0.371 e. The molecule has 158 valence electrons. The molecule has 0 bridgehead atoms. The largest absolute Gasteiger partial charge is 0.371 e. The van der Waals surface area contributed by atoms with Crippen LogP contribution in [0.1, 0.15) is 37.3 Å². The van der Waals surface area contributed by atoms with Gasteiger partial charge in [-0.15, -0.1) is 0 Å². The SMILES string of the molecule is C[NH+](Cc1ccccc1N1CCCCC1)CN1C(=O)N[C@@](C)(c2ccccc2)C1=O. The van der Waals surface area contributed by atoms with E-state index in [0.717, 1.165) is 30.1 Å². The van der Waals surface area contributed by atoms with Crippen LogP contribution in [0.4, 0.5) is 10.5 Å². The zero-order valence-electron chi connectivity index (χ0n) is 17.9. The summed E-state index contributed by atoms with van der Waals surface area (Å²) in [6.45, 7) is 5.06. The molecule has 2 fully saturated rings. The molecule has 3 amide bonds. The van der Waals surface area contributed by atoms with Gasteiger partial charge in [-0.1, -0.05) is 48.5 Å². The molecule has 2 N–H and O–H groups in total. The molecule has 0 spiro atoms. The first-order chi connectivity index (χ1) is 14.5. The van der Waals surface area contributed by atoms with Crippen LogP contribution in [-0.4, -0.2) is 43.6 Å². The highest BCUT2D eigenvalue weighted by atomic mass is 16.2. The molecule has 0 saturated carbocycles. The van der Waals surface area contributed by atoms with Crippen molar-refractivity contribution in [3.05, 3.63) is 65.7 Å². The van der Waals surface area contributed by atoms with Crippen LogP contribution in [0, 0.1) is 0 Å². The summed E-state index contributed by atoms with van der Waals surface area (Å²) in [6, 6.07) is 17.6. The number of urea groups is 1. The molecule has 2 atom stereocenters. The van der Waals surface area contributed by atoms with Crippen molar-refractivity contribution in [2.24, 2.45) is 0 Å². The molecule has 1 unspecified atom stereocenters. The summed E-state index contributed by atoms with van der Waals surface area (Å²) in [5.41, 5.74) is 2.33. The maximum atomic E-state index is 13.2. The number of piperidine rings is 1. The Morgan fingerprint density at radius 3 is 2.37 bits per heavy atom. The van der Waals surface area contributed by atoms with Gasteiger partial charge in [-0.3, -0.25) is 4.79 Å². The second-order valence-corrected chi connectivity index (χ2v) is 8.62. The van der Waals surface area contributed by atoms with Gasteiger partial charge in [0, 0.05) is 24.3 Å². The van der Waals surface area contributed by atoms with Gasteiger partial charge in [-0.2, -0.15) is 0 Å². The van der Waals surface area contributed by atoms with Crippen molar-refractivity contribution >= 4 is 17.6 Å². The Bertz CT molecular complexity index is 910. The van der Waals surface area contributed by atoms with Crippen LogP contribution in [0.3, 0.4) is 0 Å². The smallest absolute Gasteiger partial charge is 0.329 e. The fourth-order valence-electron chi connectivity index (χ4n) is 4.56. The first-order valence-electron chi connectivity index (χ1n) is 10.8. The molecule has 0 aliphatic carbocycles. The molecule has 2 aliphatic heterocycles. The Labute approximate surface area is 178 Å². The number of carbonyl (C=O) groups is 2. The van der Waals surface area contributed by atoms with E-state index in [0.29, 0.717) is 6.67 Å². The number of imide groups is 1. The van der Waals surface area contributed by atoms with Gasteiger partial charge < -0.3 is 15.1 Å². The number of para-hydroxylation sites is 1. The number of carbonyl (C=O) groups excluding carboxylic acids is 2. The average molecular weight is 408 g/mol. The quantitative estimate of drug-likeness (QED) is 0.722. The number of amides is 3. The average Bonchev–Trinajstić information content (AvgIpc) is 2.99. The van der Waals surface area contributed by atoms with Crippen LogP contribution in [-0.2, 0) is 16.9 Å². The number of quaternary nitrogens is 1. The molecular formula is C24H31N4O2+. The number of hydrogen-bond donors (Lipinski definition) is 2. The summed E-state index contributed by atoms with van der Waals surface area (Å²) >= 11 is 0. The highest BCUT2D eigenvalue weighted by molar-refractivity contribution is 6.07. The van der Waals surface area contributed by atoms with Gasteiger partial charge in [-0.05, 0) is 37.8 Å². The lowest BCUT2D eigenvalue weighted by Crippen LogP contribution is -3.09. The molecule has 6 nitrogen and oxygen atoms in total. The molecule has 30 heavy (non-hydrogen) atoms. The highest BCUT2D eigenvalue weighted by Crippen LogP contribution is 2.28. The molecule has 6 heteroatoms. The Morgan fingerprint density at radius 2 is 1.63 bits per heavy atom. The Morgan fingerprint density at radius 1 is 0.967 bits per heavy atom. The highest BCUT2D eigenvalue weighted by Gasteiger charge is 2.49. The number of benzene rings is 2. The monoisotopic (exact) mass is 407 g/mol. The number of nitrogens with one attached hydrogen (secondary N) is 2. The topological polar surface area (TPSA) is 57.1 Å². The standard InChI is InChI=1S/C24H30N4O2/c1-24(20-12-5-3-6-13-20)22(29)28(23(30)25-24)18-26(2)17-19-11-7-8-14-21(19)27-15-9-4-10-16-27/h3,5-8,11-14H,4,9-10,15-18H2,1-2H3,(H,25,30)/p+1/t24-/m0/s1. The van der Waals surface area contributed by atoms with E-state index in [1.54, 1.807) is 6.92 Å². The van der Waals surface area contributed by atoms with E-state index < -0.39 is 5.54 Å². The number of anilines is 1. The Kier molecular flexibility index (Phi) is 5.77. The van der Waals surface area contributed by atoms with Crippen LogP contribution in [0.5, 0.6) is 0 Å². The Hall–Kier alpha value is -2.86. The molecule has 2 saturated heterocycles. The fraction of sp³-hybridized carbons (Fsp3) is 0.417. The van der Waals surface area contributed by atoms with E-state index >= 15 is 0 Å². The third-order valence-electron chi connectivity index (χ3n) is 6.23. The van der Waals surface area contributed by atoms with E-state index in [1.165, 1.54) is 35.4 Å². The van der Waals surface area contributed by atoms with Crippen molar-refractivity contribution in [2.45, 2.75) is 38.3 Å². The van der Waals surface area contributed by atoms with Gasteiger partial charge >= 0.3 is 6.03 Å². The van der Waals surface area contributed by atoms with E-state index in [2.05, 4.69) is 34.5 Å². The normalized spacial score (nSPS) is 22.9. The van der Waals surface area contributed by atoms with E-state index in [1.807, 2.05) is 37.4 Å². The minimum absolute atomic E-state index is 0.192. The van der Waals surface area contributed by atoms with Crippen molar-refractivity contribution in [3.63, 3.8) is 0 Å². The van der Waals surface area contributed by atoms with E-state index in [-0.39, 0.29) is 11.9 Å². The third kappa shape index (κ3) is 3.92. The molecule has 2 aromatic rings. The molecule has 2 heterocycles. The zero-order valence-corrected chi connectivity index (χ0v) is 17.9. The molecule has 4 rings (SSSR count). The first kappa shape index (κ1) is 20.4. The maximum absolute atomic E-state index is 13.2. The van der Waals surface area contributed by atoms with Gasteiger partial charge in [0.25, 0.3) is 5.91 Å². The lowest BCUT2D eigenvalue weighted by Gasteiger charge is -2.31. The predicted molar refractivity (Wildman–Crippen MR) is 117 cm³/mol. The third-order valence-corrected chi connectivity index (χ3v) is 6.23. The molecule has 0 aromatic heterocycles. The van der Waals surface area contributed by atoms with Crippen LogP contribution in [0.15, 0.2) is 54.6 Å². The molecule has 0 radical (unpaired) electrons. The number of hydrogen-bond acceptors (Lipinski definition) is 3. The first-order valence-corrected chi connectivity index (χ1v) is 10.8. The molecule has 2 aromatic carbocycles. The lowest BCUT2D eigenvalue weighted by atomic mass is 9.92. The van der Waals surface area contributed by atoms with E-state index in [4.69, 9.17) is 0 Å². The second kappa shape index (κ2) is 8.48. The summed E-state index contributed by atoms with van der Waals surface area (Å²) in [7, 11) is 2.03. The predicted octanol–water partition coefficient (Wildman–Crippen LogP) is 2.12. The summed E-state index contributed by atoms with van der Waals surface area (Å²) in [5.74, 6) is -0.192. The lowest BCUT2D eigenvalue weighted by molar-refractivity contribution is -0.901. The second-order valence-electron chi connectivity index (χ2n) is 8.62. The van der Waals surface area contributed by atoms with E-state index in [9.17, 15) is 9.59 Å². The zero-order chi connectivity index (χ0) is 21.1. The van der Waals surface area contributed by atoms with Gasteiger partial charge in [0.2, 0.25) is 0 Å². The minimum atomic E-state index is -1.01. The fourth-order valence-corrected chi connectivity index (χ4v) is 4.56. The van der Waals surface area contributed by atoms with Crippen molar-refractivity contribution in [1.29, 1.82) is 0 Å². The van der Waals surface area contributed by atoms with Crippen molar-refractivity contribution in [1.82, 2.24) is 10.2 Å². The summed E-state index contributed by atoms with van der Waals surface area (Å²) in [5, 5.41) is 2.89. The summed E-state index contributed by atoms with van der Waals surface area (Å²) in [6.07, 6.45) is 3.77.